The Morgan fingerprint density at radius 1 is 1.17 bits per heavy atom. The Morgan fingerprint density at radius 2 is 2.06 bits per heavy atom. The van der Waals surface area contributed by atoms with E-state index in [1.807, 2.05) is 45.6 Å². The Morgan fingerprint density at radius 3 is 2.89 bits per heavy atom. The first-order chi connectivity index (χ1) is 17.5. The Labute approximate surface area is 206 Å². The molecule has 2 atom stereocenters. The fraction of sp³-hybridized carbons (Fsp3) is 0.280. The highest BCUT2D eigenvalue weighted by molar-refractivity contribution is 5.96. The van der Waals surface area contributed by atoms with Crippen LogP contribution in [0.3, 0.4) is 0 Å². The fourth-order valence-corrected chi connectivity index (χ4v) is 5.03. The van der Waals surface area contributed by atoms with E-state index in [4.69, 9.17) is 0 Å². The lowest BCUT2D eigenvalue weighted by Gasteiger charge is -2.17. The van der Waals surface area contributed by atoms with Gasteiger partial charge in [-0.1, -0.05) is 12.1 Å². The molecule has 0 spiro atoms. The van der Waals surface area contributed by atoms with Crippen molar-refractivity contribution in [2.24, 2.45) is 0 Å². The van der Waals surface area contributed by atoms with Crippen molar-refractivity contribution in [2.45, 2.75) is 31.8 Å². The average molecular weight is 485 g/mol. The summed E-state index contributed by atoms with van der Waals surface area (Å²) in [5.74, 6) is 1.03. The first-order valence-electron chi connectivity index (χ1n) is 11.9. The van der Waals surface area contributed by atoms with Gasteiger partial charge in [-0.15, -0.1) is 0 Å². The number of nitrogens with zero attached hydrogens (tertiary/aromatic N) is 7. The van der Waals surface area contributed by atoms with Crippen LogP contribution in [0.25, 0.3) is 16.9 Å². The van der Waals surface area contributed by atoms with Gasteiger partial charge in [-0.2, -0.15) is 4.98 Å². The summed E-state index contributed by atoms with van der Waals surface area (Å²) in [6, 6.07) is 14.3. The van der Waals surface area contributed by atoms with Crippen LogP contribution in [0.15, 0.2) is 61.1 Å². The van der Waals surface area contributed by atoms with Gasteiger partial charge in [-0.05, 0) is 49.6 Å². The fourth-order valence-electron chi connectivity index (χ4n) is 5.03. The molecule has 2 aliphatic heterocycles. The Kier molecular flexibility index (Phi) is 5.24. The SMILES string of the molecule is C[C@H](Nc1nccc(-n2cnc3cc(N4CC5CCCN5C4=O)ccc32)n1)c1cccc([N+](=O)[O-])c1. The second-order valence-electron chi connectivity index (χ2n) is 9.13. The van der Waals surface area contributed by atoms with Gasteiger partial charge in [0.25, 0.3) is 5.69 Å². The molecule has 0 bridgehead atoms. The zero-order chi connectivity index (χ0) is 24.8. The number of carbonyl (C=O) groups excluding carboxylic acids is 1. The third-order valence-corrected chi connectivity index (χ3v) is 6.90. The Balaban J connectivity index is 1.24. The molecular formula is C25H24N8O3. The lowest BCUT2D eigenvalue weighted by atomic mass is 10.1. The number of anilines is 2. The van der Waals surface area contributed by atoms with Crippen LogP contribution in [0, 0.1) is 10.1 Å². The molecule has 2 aromatic heterocycles. The van der Waals surface area contributed by atoms with Crippen LogP contribution in [-0.4, -0.2) is 54.5 Å². The van der Waals surface area contributed by atoms with E-state index in [0.29, 0.717) is 17.8 Å². The van der Waals surface area contributed by atoms with Crippen molar-refractivity contribution in [1.29, 1.82) is 0 Å². The summed E-state index contributed by atoms with van der Waals surface area (Å²) in [6.07, 6.45) is 5.49. The minimum atomic E-state index is -0.411. The van der Waals surface area contributed by atoms with Crippen molar-refractivity contribution < 1.29 is 9.72 Å². The smallest absolute Gasteiger partial charge is 0.324 e. The van der Waals surface area contributed by atoms with Crippen molar-refractivity contribution in [2.75, 3.05) is 23.3 Å². The number of carbonyl (C=O) groups is 1. The second kappa shape index (κ2) is 8.59. The maximum Gasteiger partial charge on any atom is 0.324 e. The van der Waals surface area contributed by atoms with Crippen LogP contribution in [0.5, 0.6) is 0 Å². The molecule has 1 unspecified atom stereocenters. The number of rotatable bonds is 6. The van der Waals surface area contributed by atoms with Crippen LogP contribution < -0.4 is 10.2 Å². The number of nitrogens with one attached hydrogen (secondary N) is 1. The molecule has 2 fully saturated rings. The minimum Gasteiger partial charge on any atom is -0.348 e. The average Bonchev–Trinajstić information content (AvgIpc) is 3.60. The van der Waals surface area contributed by atoms with Crippen LogP contribution >= 0.6 is 0 Å². The number of benzene rings is 2. The number of imidazole rings is 1. The molecule has 11 nitrogen and oxygen atoms in total. The number of urea groups is 1. The molecule has 36 heavy (non-hydrogen) atoms. The molecule has 2 aromatic carbocycles. The van der Waals surface area contributed by atoms with E-state index in [1.54, 1.807) is 24.7 Å². The first kappa shape index (κ1) is 22.0. The number of hydrogen-bond donors (Lipinski definition) is 1. The zero-order valence-corrected chi connectivity index (χ0v) is 19.6. The molecule has 2 aliphatic rings. The quantitative estimate of drug-likeness (QED) is 0.320. The normalized spacial score (nSPS) is 18.0. The molecular weight excluding hydrogens is 460 g/mol. The topological polar surface area (TPSA) is 122 Å². The molecule has 182 valence electrons. The van der Waals surface area contributed by atoms with E-state index in [0.717, 1.165) is 48.2 Å². The van der Waals surface area contributed by atoms with Gasteiger partial charge in [-0.3, -0.25) is 19.6 Å². The van der Waals surface area contributed by atoms with Gasteiger partial charge < -0.3 is 10.2 Å². The highest BCUT2D eigenvalue weighted by Crippen LogP contribution is 2.32. The predicted octanol–water partition coefficient (Wildman–Crippen LogP) is 4.30. The highest BCUT2D eigenvalue weighted by atomic mass is 16.6. The van der Waals surface area contributed by atoms with Crippen molar-refractivity contribution in [1.82, 2.24) is 24.4 Å². The van der Waals surface area contributed by atoms with Gasteiger partial charge >= 0.3 is 6.03 Å². The van der Waals surface area contributed by atoms with E-state index in [-0.39, 0.29) is 17.8 Å². The van der Waals surface area contributed by atoms with Gasteiger partial charge in [0, 0.05) is 37.1 Å². The first-order valence-corrected chi connectivity index (χ1v) is 11.9. The third kappa shape index (κ3) is 3.78. The molecule has 11 heteroatoms. The molecule has 4 heterocycles. The monoisotopic (exact) mass is 484 g/mol. The van der Waals surface area contributed by atoms with Crippen LogP contribution in [0.4, 0.5) is 22.1 Å². The summed E-state index contributed by atoms with van der Waals surface area (Å²) in [4.78, 5) is 40.8. The van der Waals surface area contributed by atoms with E-state index < -0.39 is 4.92 Å². The molecule has 0 saturated carbocycles. The lowest BCUT2D eigenvalue weighted by Crippen LogP contribution is -2.31. The number of non-ortho nitro benzene ring substituents is 1. The van der Waals surface area contributed by atoms with Gasteiger partial charge in [0.2, 0.25) is 5.95 Å². The van der Waals surface area contributed by atoms with Gasteiger partial charge in [-0.25, -0.2) is 14.8 Å². The molecule has 2 amide bonds. The molecule has 1 N–H and O–H groups in total. The van der Waals surface area contributed by atoms with E-state index in [2.05, 4.69) is 20.3 Å². The number of nitro benzene ring substituents is 1. The third-order valence-electron chi connectivity index (χ3n) is 6.90. The largest absolute Gasteiger partial charge is 0.348 e. The van der Waals surface area contributed by atoms with Gasteiger partial charge in [0.1, 0.15) is 12.1 Å². The molecule has 2 saturated heterocycles. The number of fused-ring (bicyclic) bond motifs is 2. The standard InChI is InChI=1S/C25H24N8O3/c1-16(17-4-2-5-19(12-17)33(35)36)28-24-26-10-9-23(29-24)32-15-27-21-13-18(7-8-22(21)32)31-14-20-6-3-11-30(20)25(31)34/h2,4-5,7-10,12-13,15-16,20H,3,6,11,14H2,1H3,(H,26,28,29)/t16-,20?/m0/s1. The Hall–Kier alpha value is -4.54. The summed E-state index contributed by atoms with van der Waals surface area (Å²) in [7, 11) is 0. The number of nitro groups is 1. The summed E-state index contributed by atoms with van der Waals surface area (Å²) >= 11 is 0. The van der Waals surface area contributed by atoms with Crippen LogP contribution in [0.1, 0.15) is 31.4 Å². The summed E-state index contributed by atoms with van der Waals surface area (Å²) < 4.78 is 1.87. The van der Waals surface area contributed by atoms with E-state index in [1.165, 1.54) is 12.1 Å². The van der Waals surface area contributed by atoms with Crippen LogP contribution in [0.2, 0.25) is 0 Å². The van der Waals surface area contributed by atoms with Gasteiger partial charge in [0.05, 0.1) is 28.0 Å². The second-order valence-corrected chi connectivity index (χ2v) is 9.13. The maximum atomic E-state index is 12.8. The summed E-state index contributed by atoms with van der Waals surface area (Å²) in [5, 5.41) is 14.3. The predicted molar refractivity (Wildman–Crippen MR) is 134 cm³/mol. The highest BCUT2D eigenvalue weighted by Gasteiger charge is 2.40. The minimum absolute atomic E-state index is 0.0381. The number of amides is 2. The molecule has 4 aromatic rings. The van der Waals surface area contributed by atoms with Crippen molar-refractivity contribution >= 4 is 34.4 Å². The number of hydrogen-bond acceptors (Lipinski definition) is 7. The Bertz CT molecular complexity index is 1490. The van der Waals surface area contributed by atoms with Crippen molar-refractivity contribution in [3.63, 3.8) is 0 Å². The summed E-state index contributed by atoms with van der Waals surface area (Å²) in [5.41, 5.74) is 3.28. The molecule has 6 rings (SSSR count). The van der Waals surface area contributed by atoms with Crippen molar-refractivity contribution in [3.05, 3.63) is 76.7 Å². The van der Waals surface area contributed by atoms with Crippen molar-refractivity contribution in [3.8, 4) is 5.82 Å². The maximum absolute atomic E-state index is 12.8. The molecule has 0 radical (unpaired) electrons. The van der Waals surface area contributed by atoms with E-state index in [9.17, 15) is 14.9 Å². The summed E-state index contributed by atoms with van der Waals surface area (Å²) in [6.45, 7) is 3.45. The van der Waals surface area contributed by atoms with Gasteiger partial charge in [0.15, 0.2) is 0 Å². The number of aromatic nitrogens is 4. The molecule has 0 aliphatic carbocycles. The van der Waals surface area contributed by atoms with E-state index >= 15 is 0 Å². The zero-order valence-electron chi connectivity index (χ0n) is 19.6. The lowest BCUT2D eigenvalue weighted by molar-refractivity contribution is -0.384. The van der Waals surface area contributed by atoms with Crippen LogP contribution in [-0.2, 0) is 0 Å².